The second-order valence-electron chi connectivity index (χ2n) is 4.84. The number of carbonyl (C=O) groups is 1. The molecule has 1 aromatic rings. The van der Waals surface area contributed by atoms with Crippen LogP contribution in [0.15, 0.2) is 29.3 Å². The maximum atomic E-state index is 12.4. The lowest BCUT2D eigenvalue weighted by atomic mass is 10.0. The van der Waals surface area contributed by atoms with E-state index in [2.05, 4.69) is 27.6 Å². The van der Waals surface area contributed by atoms with Gasteiger partial charge < -0.3 is 9.64 Å². The van der Waals surface area contributed by atoms with Crippen molar-refractivity contribution in [2.24, 2.45) is 4.99 Å². The van der Waals surface area contributed by atoms with E-state index in [4.69, 9.17) is 4.74 Å². The Bertz CT molecular complexity index is 495. The Morgan fingerprint density at radius 1 is 1.26 bits per heavy atom. The first-order valence-corrected chi connectivity index (χ1v) is 7.55. The highest BCUT2D eigenvalue weighted by atomic mass is 127. The molecule has 0 spiro atoms. The fourth-order valence-corrected chi connectivity index (χ4v) is 2.91. The highest BCUT2D eigenvalue weighted by molar-refractivity contribution is 14.1. The van der Waals surface area contributed by atoms with E-state index in [1.165, 1.54) is 9.97 Å². The molecule has 0 aliphatic carbocycles. The molecular weight excluding hydrogens is 355 g/mol. The number of hydrogen-bond acceptors (Lipinski definition) is 3. The SMILES string of the molecule is O=C(C1N=COC1c1ccc(I)cc1)N1CCCC1. The van der Waals surface area contributed by atoms with Crippen LogP contribution in [-0.2, 0) is 9.53 Å². The normalized spacial score (nSPS) is 25.6. The molecule has 1 fully saturated rings. The van der Waals surface area contributed by atoms with Gasteiger partial charge in [-0.05, 0) is 53.1 Å². The van der Waals surface area contributed by atoms with Gasteiger partial charge in [0.25, 0.3) is 5.91 Å². The summed E-state index contributed by atoms with van der Waals surface area (Å²) in [4.78, 5) is 18.5. The summed E-state index contributed by atoms with van der Waals surface area (Å²) in [5.74, 6) is 0.0924. The third kappa shape index (κ3) is 2.61. The third-order valence-corrected chi connectivity index (χ3v) is 4.30. The van der Waals surface area contributed by atoms with Gasteiger partial charge in [-0.3, -0.25) is 4.79 Å². The lowest BCUT2D eigenvalue weighted by Gasteiger charge is -2.22. The van der Waals surface area contributed by atoms with Crippen molar-refractivity contribution in [3.63, 3.8) is 0 Å². The van der Waals surface area contributed by atoms with Gasteiger partial charge in [0.05, 0.1) is 0 Å². The second kappa shape index (κ2) is 5.48. The van der Waals surface area contributed by atoms with Gasteiger partial charge in [0.15, 0.2) is 18.5 Å². The molecule has 0 aromatic heterocycles. The van der Waals surface area contributed by atoms with Crippen LogP contribution in [0.4, 0.5) is 0 Å². The number of nitrogens with zero attached hydrogens (tertiary/aromatic N) is 2. The van der Waals surface area contributed by atoms with Gasteiger partial charge in [-0.15, -0.1) is 0 Å². The molecule has 0 saturated carbocycles. The molecule has 19 heavy (non-hydrogen) atoms. The minimum Gasteiger partial charge on any atom is -0.473 e. The molecule has 2 atom stereocenters. The Morgan fingerprint density at radius 2 is 1.95 bits per heavy atom. The molecule has 1 aromatic carbocycles. The summed E-state index contributed by atoms with van der Waals surface area (Å²) in [5.41, 5.74) is 1.01. The fourth-order valence-electron chi connectivity index (χ4n) is 2.55. The van der Waals surface area contributed by atoms with Crippen LogP contribution in [0.5, 0.6) is 0 Å². The van der Waals surface area contributed by atoms with Crippen molar-refractivity contribution in [3.05, 3.63) is 33.4 Å². The van der Waals surface area contributed by atoms with Crippen LogP contribution in [0.2, 0.25) is 0 Å². The van der Waals surface area contributed by atoms with Crippen LogP contribution < -0.4 is 0 Å². The number of ether oxygens (including phenoxy) is 1. The summed E-state index contributed by atoms with van der Waals surface area (Å²) in [7, 11) is 0. The summed E-state index contributed by atoms with van der Waals surface area (Å²) in [6.45, 7) is 1.70. The van der Waals surface area contributed by atoms with Crippen molar-refractivity contribution in [3.8, 4) is 0 Å². The zero-order valence-corrected chi connectivity index (χ0v) is 12.6. The molecule has 3 rings (SSSR count). The summed E-state index contributed by atoms with van der Waals surface area (Å²) < 4.78 is 6.70. The lowest BCUT2D eigenvalue weighted by molar-refractivity contribution is -0.133. The third-order valence-electron chi connectivity index (χ3n) is 3.58. The molecule has 1 saturated heterocycles. The molecule has 2 aliphatic heterocycles. The first kappa shape index (κ1) is 12.9. The smallest absolute Gasteiger partial charge is 0.251 e. The highest BCUT2D eigenvalue weighted by Gasteiger charge is 2.37. The Balaban J connectivity index is 1.78. The van der Waals surface area contributed by atoms with Gasteiger partial charge in [0.2, 0.25) is 0 Å². The number of amides is 1. The molecule has 5 heteroatoms. The van der Waals surface area contributed by atoms with Crippen molar-refractivity contribution in [1.29, 1.82) is 0 Å². The van der Waals surface area contributed by atoms with Crippen molar-refractivity contribution >= 4 is 34.9 Å². The number of rotatable bonds is 2. The summed E-state index contributed by atoms with van der Waals surface area (Å²) >= 11 is 2.26. The Morgan fingerprint density at radius 3 is 2.63 bits per heavy atom. The Labute approximate surface area is 126 Å². The van der Waals surface area contributed by atoms with Crippen LogP contribution in [-0.4, -0.2) is 36.3 Å². The second-order valence-corrected chi connectivity index (χ2v) is 6.09. The van der Waals surface area contributed by atoms with Crippen LogP contribution in [0, 0.1) is 3.57 Å². The molecule has 0 N–H and O–H groups in total. The predicted molar refractivity (Wildman–Crippen MR) is 81.1 cm³/mol. The number of hydrogen-bond donors (Lipinski definition) is 0. The van der Waals surface area contributed by atoms with Gasteiger partial charge in [-0.1, -0.05) is 12.1 Å². The summed E-state index contributed by atoms with van der Waals surface area (Å²) in [5, 5.41) is 0. The van der Waals surface area contributed by atoms with E-state index < -0.39 is 6.04 Å². The van der Waals surface area contributed by atoms with Crippen LogP contribution in [0.3, 0.4) is 0 Å². The molecule has 2 heterocycles. The number of likely N-dealkylation sites (tertiary alicyclic amines) is 1. The molecule has 4 nitrogen and oxygen atoms in total. The molecule has 0 bridgehead atoms. The number of halogens is 1. The Hall–Kier alpha value is -1.11. The van der Waals surface area contributed by atoms with Gasteiger partial charge in [0, 0.05) is 16.7 Å². The van der Waals surface area contributed by atoms with E-state index in [-0.39, 0.29) is 12.0 Å². The highest BCUT2D eigenvalue weighted by Crippen LogP contribution is 2.29. The number of benzene rings is 1. The zero-order valence-electron chi connectivity index (χ0n) is 10.5. The van der Waals surface area contributed by atoms with Crippen molar-refractivity contribution in [2.45, 2.75) is 25.0 Å². The van der Waals surface area contributed by atoms with E-state index in [1.807, 2.05) is 29.2 Å². The van der Waals surface area contributed by atoms with Crippen LogP contribution >= 0.6 is 22.6 Å². The first-order chi connectivity index (χ1) is 9.25. The van der Waals surface area contributed by atoms with Gasteiger partial charge in [0.1, 0.15) is 0 Å². The average Bonchev–Trinajstić information content (AvgIpc) is 3.10. The van der Waals surface area contributed by atoms with E-state index in [1.54, 1.807) is 0 Å². The van der Waals surface area contributed by atoms with E-state index >= 15 is 0 Å². The standard InChI is InChI=1S/C14H15IN2O2/c15-11-5-3-10(4-6-11)13-12(16-9-19-13)14(18)17-7-1-2-8-17/h3-6,9,12-13H,1-2,7-8H2. The topological polar surface area (TPSA) is 41.9 Å². The van der Waals surface area contributed by atoms with Crippen LogP contribution in [0.25, 0.3) is 0 Å². The molecule has 100 valence electrons. The number of carbonyl (C=O) groups excluding carboxylic acids is 1. The molecular formula is C14H15IN2O2. The quantitative estimate of drug-likeness (QED) is 0.751. The van der Waals surface area contributed by atoms with Crippen LogP contribution in [0.1, 0.15) is 24.5 Å². The van der Waals surface area contributed by atoms with E-state index in [0.29, 0.717) is 0 Å². The maximum Gasteiger partial charge on any atom is 0.251 e. The minimum absolute atomic E-state index is 0.0924. The van der Waals surface area contributed by atoms with E-state index in [9.17, 15) is 4.79 Å². The maximum absolute atomic E-state index is 12.4. The van der Waals surface area contributed by atoms with Gasteiger partial charge in [-0.2, -0.15) is 0 Å². The fraction of sp³-hybridized carbons (Fsp3) is 0.429. The predicted octanol–water partition coefficient (Wildman–Crippen LogP) is 2.38. The van der Waals surface area contributed by atoms with Gasteiger partial charge in [-0.25, -0.2) is 4.99 Å². The lowest BCUT2D eigenvalue weighted by Crippen LogP contribution is -2.38. The minimum atomic E-state index is -0.418. The van der Waals surface area contributed by atoms with Crippen molar-refractivity contribution < 1.29 is 9.53 Å². The largest absolute Gasteiger partial charge is 0.473 e. The molecule has 1 amide bonds. The van der Waals surface area contributed by atoms with Crippen molar-refractivity contribution in [2.75, 3.05) is 13.1 Å². The van der Waals surface area contributed by atoms with Gasteiger partial charge >= 0.3 is 0 Å². The van der Waals surface area contributed by atoms with Crippen molar-refractivity contribution in [1.82, 2.24) is 4.90 Å². The molecule has 2 aliphatic rings. The Kier molecular flexibility index (Phi) is 3.72. The number of aliphatic imine (C=N–C) groups is 1. The zero-order chi connectivity index (χ0) is 13.2. The average molecular weight is 370 g/mol. The first-order valence-electron chi connectivity index (χ1n) is 6.47. The summed E-state index contributed by atoms with van der Waals surface area (Å²) in [6.07, 6.45) is 3.33. The monoisotopic (exact) mass is 370 g/mol. The molecule has 0 radical (unpaired) electrons. The van der Waals surface area contributed by atoms with E-state index in [0.717, 1.165) is 31.5 Å². The molecule has 2 unspecified atom stereocenters. The summed E-state index contributed by atoms with van der Waals surface area (Å²) in [6, 6.07) is 7.64.